The molecule has 4 rings (SSSR count). The first-order valence-electron chi connectivity index (χ1n) is 8.31. The van der Waals surface area contributed by atoms with Crippen LogP contribution in [-0.4, -0.2) is 28.4 Å². The summed E-state index contributed by atoms with van der Waals surface area (Å²) in [6.07, 6.45) is 0. The van der Waals surface area contributed by atoms with Crippen molar-refractivity contribution in [1.29, 1.82) is 5.26 Å². The van der Waals surface area contributed by atoms with E-state index in [0.717, 1.165) is 5.56 Å². The lowest BCUT2D eigenvalue weighted by Gasteiger charge is -2.18. The maximum absolute atomic E-state index is 12.4. The van der Waals surface area contributed by atoms with Gasteiger partial charge in [-0.15, -0.1) is 0 Å². The van der Waals surface area contributed by atoms with Crippen LogP contribution in [0, 0.1) is 11.3 Å². The molecule has 0 unspecified atom stereocenters. The number of hydrogen-bond acceptors (Lipinski definition) is 6. The summed E-state index contributed by atoms with van der Waals surface area (Å²) < 4.78 is 5.29. The third kappa shape index (κ3) is 3.26. The Labute approximate surface area is 158 Å². The van der Waals surface area contributed by atoms with Crippen molar-refractivity contribution in [1.82, 2.24) is 15.3 Å². The van der Waals surface area contributed by atoms with Gasteiger partial charge >= 0.3 is 0 Å². The number of hydrogen-bond donors (Lipinski definition) is 3. The van der Waals surface area contributed by atoms with E-state index in [9.17, 15) is 14.4 Å². The van der Waals surface area contributed by atoms with E-state index in [1.54, 1.807) is 18.2 Å². The van der Waals surface area contributed by atoms with E-state index in [0.29, 0.717) is 22.5 Å². The summed E-state index contributed by atoms with van der Waals surface area (Å²) >= 11 is 0. The standard InChI is InChI=1S/C19H13N5O4/c20-7-10-1-3-13-12(5-10)18(26)24-17(23-13)19(27)21-8-11-2-4-15-14(6-11)22-16(25)9-28-15/h1-6H,8-9H2,(H,21,27)(H,22,25)(H,23,24,26). The second kappa shape index (κ2) is 6.85. The van der Waals surface area contributed by atoms with E-state index in [1.807, 2.05) is 6.07 Å². The molecule has 3 aromatic rings. The number of rotatable bonds is 3. The van der Waals surface area contributed by atoms with Gasteiger partial charge in [0.25, 0.3) is 17.4 Å². The molecule has 3 N–H and O–H groups in total. The van der Waals surface area contributed by atoms with Crippen molar-refractivity contribution in [3.05, 3.63) is 63.7 Å². The fourth-order valence-electron chi connectivity index (χ4n) is 2.82. The van der Waals surface area contributed by atoms with Gasteiger partial charge in [-0.3, -0.25) is 14.4 Å². The lowest BCUT2D eigenvalue weighted by atomic mass is 10.1. The van der Waals surface area contributed by atoms with Crippen molar-refractivity contribution in [3.63, 3.8) is 0 Å². The highest BCUT2D eigenvalue weighted by Crippen LogP contribution is 2.28. The maximum Gasteiger partial charge on any atom is 0.287 e. The van der Waals surface area contributed by atoms with Gasteiger partial charge in [-0.05, 0) is 35.9 Å². The van der Waals surface area contributed by atoms with E-state index >= 15 is 0 Å². The van der Waals surface area contributed by atoms with Crippen LogP contribution in [0.1, 0.15) is 21.7 Å². The average Bonchev–Trinajstić information content (AvgIpc) is 2.71. The molecule has 0 spiro atoms. The number of ether oxygens (including phenoxy) is 1. The average molecular weight is 375 g/mol. The number of anilines is 1. The van der Waals surface area contributed by atoms with E-state index in [1.165, 1.54) is 18.2 Å². The zero-order valence-electron chi connectivity index (χ0n) is 14.4. The monoisotopic (exact) mass is 375 g/mol. The molecule has 0 bridgehead atoms. The molecule has 1 aliphatic heterocycles. The molecule has 0 radical (unpaired) electrons. The Bertz CT molecular complexity index is 1230. The molecule has 9 heteroatoms. The molecule has 28 heavy (non-hydrogen) atoms. The second-order valence-electron chi connectivity index (χ2n) is 6.11. The fourth-order valence-corrected chi connectivity index (χ4v) is 2.82. The van der Waals surface area contributed by atoms with Crippen LogP contribution in [0.4, 0.5) is 5.69 Å². The topological polar surface area (TPSA) is 137 Å². The number of aromatic nitrogens is 2. The summed E-state index contributed by atoms with van der Waals surface area (Å²) in [5.41, 5.74) is 1.43. The summed E-state index contributed by atoms with van der Waals surface area (Å²) in [6.45, 7) is 0.136. The highest BCUT2D eigenvalue weighted by molar-refractivity contribution is 5.95. The predicted octanol–water partition coefficient (Wildman–Crippen LogP) is 1.06. The molecule has 0 aliphatic carbocycles. The fraction of sp³-hybridized carbons (Fsp3) is 0.105. The highest BCUT2D eigenvalue weighted by atomic mass is 16.5. The van der Waals surface area contributed by atoms with E-state index in [2.05, 4.69) is 20.6 Å². The van der Waals surface area contributed by atoms with Crippen molar-refractivity contribution in [2.24, 2.45) is 0 Å². The quantitative estimate of drug-likeness (QED) is 0.626. The first-order valence-corrected chi connectivity index (χ1v) is 8.31. The molecule has 0 saturated heterocycles. The van der Waals surface area contributed by atoms with Gasteiger partial charge in [0, 0.05) is 6.54 Å². The number of carbonyl (C=O) groups excluding carboxylic acids is 2. The van der Waals surface area contributed by atoms with Crippen molar-refractivity contribution in [3.8, 4) is 11.8 Å². The third-order valence-electron chi connectivity index (χ3n) is 4.18. The molecular formula is C19H13N5O4. The van der Waals surface area contributed by atoms with Gasteiger partial charge in [0.15, 0.2) is 12.4 Å². The molecule has 0 atom stereocenters. The zero-order valence-corrected chi connectivity index (χ0v) is 14.4. The van der Waals surface area contributed by atoms with E-state index < -0.39 is 11.5 Å². The summed E-state index contributed by atoms with van der Waals surface area (Å²) in [5.74, 6) is -0.365. The summed E-state index contributed by atoms with van der Waals surface area (Å²) in [6, 6.07) is 11.6. The Balaban J connectivity index is 1.53. The number of aromatic amines is 1. The lowest BCUT2D eigenvalue weighted by Crippen LogP contribution is -2.28. The molecule has 0 saturated carbocycles. The second-order valence-corrected chi connectivity index (χ2v) is 6.11. The Kier molecular flexibility index (Phi) is 4.21. The van der Waals surface area contributed by atoms with Gasteiger partial charge in [-0.1, -0.05) is 6.07 Å². The van der Waals surface area contributed by atoms with Gasteiger partial charge < -0.3 is 20.4 Å². The number of amides is 2. The Morgan fingerprint density at radius 1 is 1.25 bits per heavy atom. The SMILES string of the molecule is N#Cc1ccc2nc(C(=O)NCc3ccc4c(c3)NC(=O)CO4)[nH]c(=O)c2c1. The van der Waals surface area contributed by atoms with Crippen LogP contribution in [0.3, 0.4) is 0 Å². The van der Waals surface area contributed by atoms with Crippen LogP contribution in [0.2, 0.25) is 0 Å². The van der Waals surface area contributed by atoms with Crippen molar-refractivity contribution in [2.75, 3.05) is 11.9 Å². The number of carbonyl (C=O) groups is 2. The Morgan fingerprint density at radius 2 is 2.11 bits per heavy atom. The van der Waals surface area contributed by atoms with Crippen LogP contribution < -0.4 is 20.9 Å². The van der Waals surface area contributed by atoms with Gasteiger partial charge in [0.05, 0.1) is 28.2 Å². The van der Waals surface area contributed by atoms with Crippen molar-refractivity contribution >= 4 is 28.4 Å². The van der Waals surface area contributed by atoms with Crippen molar-refractivity contribution in [2.45, 2.75) is 6.54 Å². The number of nitriles is 1. The Morgan fingerprint density at radius 3 is 2.93 bits per heavy atom. The van der Waals surface area contributed by atoms with E-state index in [4.69, 9.17) is 10.00 Å². The molecule has 138 valence electrons. The largest absolute Gasteiger partial charge is 0.482 e. The van der Waals surface area contributed by atoms with Gasteiger partial charge in [0.1, 0.15) is 5.75 Å². The first-order chi connectivity index (χ1) is 13.5. The molecule has 2 aromatic carbocycles. The number of benzene rings is 2. The summed E-state index contributed by atoms with van der Waals surface area (Å²) in [7, 11) is 0. The van der Waals surface area contributed by atoms with Gasteiger partial charge in [-0.2, -0.15) is 5.26 Å². The van der Waals surface area contributed by atoms with Crippen molar-refractivity contribution < 1.29 is 14.3 Å². The number of nitrogens with zero attached hydrogens (tertiary/aromatic N) is 2. The minimum atomic E-state index is -0.554. The van der Waals surface area contributed by atoms with Crippen LogP contribution in [-0.2, 0) is 11.3 Å². The highest BCUT2D eigenvalue weighted by Gasteiger charge is 2.17. The minimum absolute atomic E-state index is 0.0278. The Hall–Kier alpha value is -4.19. The molecule has 9 nitrogen and oxygen atoms in total. The minimum Gasteiger partial charge on any atom is -0.482 e. The maximum atomic E-state index is 12.4. The molecule has 1 aliphatic rings. The molecule has 2 heterocycles. The summed E-state index contributed by atoms with van der Waals surface area (Å²) in [4.78, 5) is 42.6. The predicted molar refractivity (Wildman–Crippen MR) is 98.8 cm³/mol. The van der Waals surface area contributed by atoms with Crippen LogP contribution in [0.25, 0.3) is 10.9 Å². The van der Waals surface area contributed by atoms with Gasteiger partial charge in [-0.25, -0.2) is 4.98 Å². The summed E-state index contributed by atoms with van der Waals surface area (Å²) in [5, 5.41) is 14.5. The first kappa shape index (κ1) is 17.2. The number of fused-ring (bicyclic) bond motifs is 2. The third-order valence-corrected chi connectivity index (χ3v) is 4.18. The zero-order chi connectivity index (χ0) is 19.7. The number of nitrogens with one attached hydrogen (secondary N) is 3. The van der Waals surface area contributed by atoms with Crippen LogP contribution in [0.15, 0.2) is 41.2 Å². The molecule has 0 fully saturated rings. The van der Waals surface area contributed by atoms with Crippen LogP contribution in [0.5, 0.6) is 5.75 Å². The normalized spacial score (nSPS) is 12.5. The molecule has 1 aromatic heterocycles. The molecule has 2 amide bonds. The lowest BCUT2D eigenvalue weighted by molar-refractivity contribution is -0.118. The van der Waals surface area contributed by atoms with Gasteiger partial charge in [0.2, 0.25) is 0 Å². The number of H-pyrrole nitrogens is 1. The van der Waals surface area contributed by atoms with Crippen LogP contribution >= 0.6 is 0 Å². The van der Waals surface area contributed by atoms with E-state index in [-0.39, 0.29) is 30.3 Å². The molecular weight excluding hydrogens is 362 g/mol. The smallest absolute Gasteiger partial charge is 0.287 e.